The van der Waals surface area contributed by atoms with Crippen LogP contribution in [0.4, 0.5) is 0 Å². The Morgan fingerprint density at radius 3 is 2.81 bits per heavy atom. The number of likely N-dealkylation sites (tertiary alicyclic amines) is 1. The molecule has 1 saturated heterocycles. The number of hydrogen-bond donors (Lipinski definition) is 1. The number of aliphatic carboxylic acids is 1. The quantitative estimate of drug-likeness (QED) is 0.711. The second-order valence-electron chi connectivity index (χ2n) is 3.88. The van der Waals surface area contributed by atoms with Gasteiger partial charge in [-0.25, -0.2) is 4.79 Å². The van der Waals surface area contributed by atoms with Gasteiger partial charge >= 0.3 is 5.97 Å². The molecule has 1 rings (SSSR count). The highest BCUT2D eigenvalue weighted by molar-refractivity contribution is 5.83. The second kappa shape index (κ2) is 6.48. The van der Waals surface area contributed by atoms with Gasteiger partial charge in [-0.15, -0.1) is 0 Å². The summed E-state index contributed by atoms with van der Waals surface area (Å²) in [6.07, 6.45) is 2.61. The lowest BCUT2D eigenvalue weighted by Crippen LogP contribution is -2.48. The third-order valence-electron chi connectivity index (χ3n) is 2.77. The maximum absolute atomic E-state index is 11.8. The summed E-state index contributed by atoms with van der Waals surface area (Å²) >= 11 is 0. The first kappa shape index (κ1) is 13.0. The van der Waals surface area contributed by atoms with Crippen molar-refractivity contribution in [3.05, 3.63) is 0 Å². The molecule has 0 saturated carbocycles. The van der Waals surface area contributed by atoms with Gasteiger partial charge in [0, 0.05) is 13.2 Å². The largest absolute Gasteiger partial charge is 0.480 e. The zero-order valence-electron chi connectivity index (χ0n) is 9.65. The average Bonchev–Trinajstić information content (AvgIpc) is 2.29. The molecule has 0 aromatic carbocycles. The van der Waals surface area contributed by atoms with Crippen LogP contribution in [0.25, 0.3) is 0 Å². The minimum Gasteiger partial charge on any atom is -0.480 e. The molecule has 0 aromatic heterocycles. The van der Waals surface area contributed by atoms with E-state index in [1.54, 1.807) is 0 Å². The third-order valence-corrected chi connectivity index (χ3v) is 2.77. The van der Waals surface area contributed by atoms with Gasteiger partial charge in [0.25, 0.3) is 0 Å². The number of ether oxygens (including phenoxy) is 1. The van der Waals surface area contributed by atoms with Crippen LogP contribution < -0.4 is 0 Å². The summed E-state index contributed by atoms with van der Waals surface area (Å²) in [4.78, 5) is 24.2. The van der Waals surface area contributed by atoms with E-state index in [2.05, 4.69) is 0 Å². The van der Waals surface area contributed by atoms with Crippen LogP contribution in [-0.4, -0.2) is 47.7 Å². The highest BCUT2D eigenvalue weighted by Gasteiger charge is 2.31. The summed E-state index contributed by atoms with van der Waals surface area (Å²) in [5, 5.41) is 9.00. The molecule has 0 spiro atoms. The molecule has 92 valence electrons. The highest BCUT2D eigenvalue weighted by Crippen LogP contribution is 2.18. The lowest BCUT2D eigenvalue weighted by Gasteiger charge is -2.33. The molecule has 1 atom stereocenters. The molecule has 16 heavy (non-hydrogen) atoms. The fourth-order valence-electron chi connectivity index (χ4n) is 1.93. The first-order valence-corrected chi connectivity index (χ1v) is 5.76. The lowest BCUT2D eigenvalue weighted by atomic mass is 10.0. The number of carbonyl (C=O) groups excluding carboxylic acids is 1. The van der Waals surface area contributed by atoms with Crippen molar-refractivity contribution in [1.82, 2.24) is 4.90 Å². The molecular weight excluding hydrogens is 210 g/mol. The van der Waals surface area contributed by atoms with Crippen molar-refractivity contribution in [3.63, 3.8) is 0 Å². The summed E-state index contributed by atoms with van der Waals surface area (Å²) in [6.45, 7) is 3.38. The maximum atomic E-state index is 11.8. The van der Waals surface area contributed by atoms with Crippen molar-refractivity contribution in [2.45, 2.75) is 38.6 Å². The normalized spacial score (nSPS) is 20.8. The Hall–Kier alpha value is -1.10. The topological polar surface area (TPSA) is 66.8 Å². The van der Waals surface area contributed by atoms with Crippen molar-refractivity contribution >= 4 is 11.9 Å². The van der Waals surface area contributed by atoms with Crippen molar-refractivity contribution in [2.24, 2.45) is 0 Å². The van der Waals surface area contributed by atoms with Gasteiger partial charge in [0.15, 0.2) is 0 Å². The van der Waals surface area contributed by atoms with Crippen molar-refractivity contribution in [1.29, 1.82) is 0 Å². The van der Waals surface area contributed by atoms with Crippen LogP contribution in [0.1, 0.15) is 32.6 Å². The SMILES string of the molecule is CCOCCC(=O)N1CCCC[C@H]1C(=O)O. The molecule has 0 radical (unpaired) electrons. The summed E-state index contributed by atoms with van der Waals surface area (Å²) in [5.41, 5.74) is 0. The number of piperidine rings is 1. The van der Waals surface area contributed by atoms with Crippen LogP contribution in [0, 0.1) is 0 Å². The number of carbonyl (C=O) groups is 2. The first-order chi connectivity index (χ1) is 7.66. The molecule has 0 unspecified atom stereocenters. The predicted octanol–water partition coefficient (Wildman–Crippen LogP) is 0.879. The summed E-state index contributed by atoms with van der Waals surface area (Å²) in [6, 6.07) is -0.636. The fourth-order valence-corrected chi connectivity index (χ4v) is 1.93. The van der Waals surface area contributed by atoms with E-state index >= 15 is 0 Å². The highest BCUT2D eigenvalue weighted by atomic mass is 16.5. The van der Waals surface area contributed by atoms with E-state index in [-0.39, 0.29) is 12.3 Å². The lowest BCUT2D eigenvalue weighted by molar-refractivity contribution is -0.152. The van der Waals surface area contributed by atoms with E-state index in [4.69, 9.17) is 9.84 Å². The number of rotatable bonds is 5. The number of amides is 1. The molecule has 1 aliphatic rings. The minimum atomic E-state index is -0.899. The zero-order chi connectivity index (χ0) is 12.0. The minimum absolute atomic E-state index is 0.111. The Morgan fingerprint density at radius 2 is 2.19 bits per heavy atom. The van der Waals surface area contributed by atoms with Gasteiger partial charge in [-0.2, -0.15) is 0 Å². The van der Waals surface area contributed by atoms with Gasteiger partial charge in [0.2, 0.25) is 5.91 Å². The Morgan fingerprint density at radius 1 is 1.44 bits per heavy atom. The predicted molar refractivity (Wildman–Crippen MR) is 58.1 cm³/mol. The van der Waals surface area contributed by atoms with E-state index < -0.39 is 12.0 Å². The molecule has 0 aromatic rings. The third kappa shape index (κ3) is 3.48. The van der Waals surface area contributed by atoms with E-state index in [1.807, 2.05) is 6.92 Å². The Kier molecular flexibility index (Phi) is 5.25. The number of nitrogens with zero attached hydrogens (tertiary/aromatic N) is 1. The maximum Gasteiger partial charge on any atom is 0.326 e. The molecule has 1 N–H and O–H groups in total. The molecule has 0 bridgehead atoms. The summed E-state index contributed by atoms with van der Waals surface area (Å²) in [5.74, 6) is -1.01. The van der Waals surface area contributed by atoms with Crippen molar-refractivity contribution in [3.8, 4) is 0 Å². The van der Waals surface area contributed by atoms with Gasteiger partial charge in [-0.1, -0.05) is 0 Å². The Labute approximate surface area is 95.4 Å². The van der Waals surface area contributed by atoms with E-state index in [0.717, 1.165) is 12.8 Å². The second-order valence-corrected chi connectivity index (χ2v) is 3.88. The molecule has 5 nitrogen and oxygen atoms in total. The van der Waals surface area contributed by atoms with E-state index in [9.17, 15) is 9.59 Å². The summed E-state index contributed by atoms with van der Waals surface area (Å²) in [7, 11) is 0. The van der Waals surface area contributed by atoms with E-state index in [0.29, 0.717) is 26.2 Å². The molecule has 1 aliphatic heterocycles. The van der Waals surface area contributed by atoms with E-state index in [1.165, 1.54) is 4.90 Å². The molecule has 1 fully saturated rings. The van der Waals surface area contributed by atoms with Gasteiger partial charge in [0.05, 0.1) is 13.0 Å². The van der Waals surface area contributed by atoms with Crippen LogP contribution >= 0.6 is 0 Å². The van der Waals surface area contributed by atoms with Crippen LogP contribution in [0.5, 0.6) is 0 Å². The summed E-state index contributed by atoms with van der Waals surface area (Å²) < 4.78 is 5.10. The number of carboxylic acid groups (broad SMARTS) is 1. The van der Waals surface area contributed by atoms with Crippen LogP contribution in [-0.2, 0) is 14.3 Å². The number of carboxylic acids is 1. The molecular formula is C11H19NO4. The standard InChI is InChI=1S/C11H19NO4/c1-2-16-8-6-10(13)12-7-4-3-5-9(12)11(14)15/h9H,2-8H2,1H3,(H,14,15)/t9-/m0/s1. The van der Waals surface area contributed by atoms with Crippen molar-refractivity contribution in [2.75, 3.05) is 19.8 Å². The van der Waals surface area contributed by atoms with Crippen LogP contribution in [0.2, 0.25) is 0 Å². The number of hydrogen-bond acceptors (Lipinski definition) is 3. The fraction of sp³-hybridized carbons (Fsp3) is 0.818. The first-order valence-electron chi connectivity index (χ1n) is 5.76. The molecule has 1 amide bonds. The average molecular weight is 229 g/mol. The van der Waals surface area contributed by atoms with Gasteiger partial charge in [0.1, 0.15) is 6.04 Å². The molecule has 1 heterocycles. The molecule has 5 heteroatoms. The van der Waals surface area contributed by atoms with Crippen LogP contribution in [0.15, 0.2) is 0 Å². The van der Waals surface area contributed by atoms with Crippen LogP contribution in [0.3, 0.4) is 0 Å². The smallest absolute Gasteiger partial charge is 0.326 e. The Balaban J connectivity index is 2.47. The molecule has 0 aliphatic carbocycles. The van der Waals surface area contributed by atoms with Gasteiger partial charge in [-0.05, 0) is 26.2 Å². The van der Waals surface area contributed by atoms with Gasteiger partial charge in [-0.3, -0.25) is 4.79 Å². The van der Waals surface area contributed by atoms with Crippen molar-refractivity contribution < 1.29 is 19.4 Å². The van der Waals surface area contributed by atoms with Gasteiger partial charge < -0.3 is 14.7 Å². The Bertz CT molecular complexity index is 254. The zero-order valence-corrected chi connectivity index (χ0v) is 9.65. The monoisotopic (exact) mass is 229 g/mol.